The Labute approximate surface area is 179 Å². The topological polar surface area (TPSA) is 62.5 Å². The molecule has 0 aliphatic carbocycles. The second-order valence-electron chi connectivity index (χ2n) is 9.08. The number of nitrogens with zero attached hydrogens (tertiary/aromatic N) is 4. The van der Waals surface area contributed by atoms with Crippen molar-refractivity contribution in [1.82, 2.24) is 20.0 Å². The van der Waals surface area contributed by atoms with Crippen LogP contribution >= 0.6 is 0 Å². The van der Waals surface area contributed by atoms with Gasteiger partial charge < -0.3 is 14.2 Å². The van der Waals surface area contributed by atoms with Crippen LogP contribution in [0.25, 0.3) is 0 Å². The fourth-order valence-corrected chi connectivity index (χ4v) is 4.74. The monoisotopic (exact) mass is 436 g/mol. The van der Waals surface area contributed by atoms with Crippen molar-refractivity contribution in [2.75, 3.05) is 33.2 Å². The fraction of sp³-hybridized carbons (Fsp3) is 0.591. The minimum absolute atomic E-state index is 0.0764. The van der Waals surface area contributed by atoms with Crippen molar-refractivity contribution in [3.05, 3.63) is 47.2 Å². The zero-order chi connectivity index (χ0) is 22.4. The standard InChI is InChI=1S/C22H27F3N4O2/c1-14(2)18-26-27-19(31-18)17-12-29(13-21(17)8-10-28(3)11-9-21)20(30)15-6-4-5-7-16(15)22(23,24)25/h4-7,14,17H,8-13H2,1-3H3. The van der Waals surface area contributed by atoms with E-state index in [-0.39, 0.29) is 29.4 Å². The second-order valence-corrected chi connectivity index (χ2v) is 9.08. The van der Waals surface area contributed by atoms with Gasteiger partial charge in [-0.25, -0.2) is 0 Å². The second kappa shape index (κ2) is 7.93. The van der Waals surface area contributed by atoms with Gasteiger partial charge in [0.1, 0.15) is 0 Å². The molecule has 1 unspecified atom stereocenters. The largest absolute Gasteiger partial charge is 0.425 e. The van der Waals surface area contributed by atoms with Crippen molar-refractivity contribution < 1.29 is 22.4 Å². The van der Waals surface area contributed by atoms with Crippen LogP contribution in [-0.2, 0) is 6.18 Å². The van der Waals surface area contributed by atoms with Crippen molar-refractivity contribution in [3.63, 3.8) is 0 Å². The Balaban J connectivity index is 1.67. The van der Waals surface area contributed by atoms with E-state index in [9.17, 15) is 18.0 Å². The Morgan fingerprint density at radius 2 is 1.87 bits per heavy atom. The van der Waals surface area contributed by atoms with Gasteiger partial charge in [-0.3, -0.25) is 4.79 Å². The molecule has 3 heterocycles. The fourth-order valence-electron chi connectivity index (χ4n) is 4.74. The first kappa shape index (κ1) is 21.8. The first-order chi connectivity index (χ1) is 14.6. The summed E-state index contributed by atoms with van der Waals surface area (Å²) >= 11 is 0. The summed E-state index contributed by atoms with van der Waals surface area (Å²) in [7, 11) is 2.04. The number of halogens is 3. The van der Waals surface area contributed by atoms with Gasteiger partial charge in [-0.2, -0.15) is 13.2 Å². The molecule has 9 heteroatoms. The third-order valence-electron chi connectivity index (χ3n) is 6.63. The average molecular weight is 436 g/mol. The maximum Gasteiger partial charge on any atom is 0.417 e. The van der Waals surface area contributed by atoms with Crippen LogP contribution in [0, 0.1) is 5.41 Å². The van der Waals surface area contributed by atoms with E-state index in [2.05, 4.69) is 15.1 Å². The van der Waals surface area contributed by atoms with Crippen LogP contribution in [0.1, 0.15) is 66.2 Å². The maximum absolute atomic E-state index is 13.5. The Morgan fingerprint density at radius 1 is 1.19 bits per heavy atom. The summed E-state index contributed by atoms with van der Waals surface area (Å²) in [6, 6.07) is 4.98. The molecule has 0 radical (unpaired) electrons. The lowest BCUT2D eigenvalue weighted by Crippen LogP contribution is -2.42. The molecule has 0 bridgehead atoms. The summed E-state index contributed by atoms with van der Waals surface area (Å²) < 4.78 is 46.4. The quantitative estimate of drug-likeness (QED) is 0.723. The zero-order valence-corrected chi connectivity index (χ0v) is 17.9. The van der Waals surface area contributed by atoms with Crippen molar-refractivity contribution in [2.24, 2.45) is 5.41 Å². The number of aromatic nitrogens is 2. The van der Waals surface area contributed by atoms with Gasteiger partial charge in [-0.1, -0.05) is 26.0 Å². The molecule has 6 nitrogen and oxygen atoms in total. The van der Waals surface area contributed by atoms with E-state index in [1.165, 1.54) is 18.2 Å². The van der Waals surface area contributed by atoms with E-state index < -0.39 is 17.6 Å². The minimum atomic E-state index is -4.59. The predicted octanol–water partition coefficient (Wildman–Crippen LogP) is 4.16. The van der Waals surface area contributed by atoms with Crippen LogP contribution in [-0.4, -0.2) is 59.1 Å². The molecule has 4 rings (SSSR count). The Morgan fingerprint density at radius 3 is 2.48 bits per heavy atom. The molecule has 1 aromatic heterocycles. The first-order valence-corrected chi connectivity index (χ1v) is 10.6. The number of hydrogen-bond donors (Lipinski definition) is 0. The molecule has 2 aliphatic rings. The number of likely N-dealkylation sites (tertiary alicyclic amines) is 2. The zero-order valence-electron chi connectivity index (χ0n) is 17.9. The lowest BCUT2D eigenvalue weighted by Gasteiger charge is -2.40. The normalized spacial score (nSPS) is 21.9. The third-order valence-corrected chi connectivity index (χ3v) is 6.63. The Bertz CT molecular complexity index is 948. The molecule has 1 amide bonds. The highest BCUT2D eigenvalue weighted by Gasteiger charge is 2.52. The van der Waals surface area contributed by atoms with Gasteiger partial charge in [0.25, 0.3) is 5.91 Å². The SMILES string of the molecule is CC(C)c1nnc(C2CN(C(=O)c3ccccc3C(F)(F)F)CC23CCN(C)CC3)o1. The van der Waals surface area contributed by atoms with E-state index in [0.29, 0.717) is 18.3 Å². The molecular weight excluding hydrogens is 409 g/mol. The highest BCUT2D eigenvalue weighted by Crippen LogP contribution is 2.50. The highest BCUT2D eigenvalue weighted by molar-refractivity contribution is 5.96. The van der Waals surface area contributed by atoms with E-state index in [4.69, 9.17) is 4.42 Å². The summed E-state index contributed by atoms with van der Waals surface area (Å²) in [6.45, 7) is 6.28. The van der Waals surface area contributed by atoms with Crippen molar-refractivity contribution >= 4 is 5.91 Å². The maximum atomic E-state index is 13.5. The van der Waals surface area contributed by atoms with Crippen molar-refractivity contribution in [1.29, 1.82) is 0 Å². The van der Waals surface area contributed by atoms with Crippen LogP contribution < -0.4 is 0 Å². The first-order valence-electron chi connectivity index (χ1n) is 10.6. The number of benzene rings is 1. The van der Waals surface area contributed by atoms with Gasteiger partial charge in [0.05, 0.1) is 17.0 Å². The number of amides is 1. The van der Waals surface area contributed by atoms with Crippen molar-refractivity contribution in [2.45, 2.75) is 44.7 Å². The minimum Gasteiger partial charge on any atom is -0.425 e. The number of carbonyl (C=O) groups excluding carboxylic acids is 1. The Kier molecular flexibility index (Phi) is 5.57. The van der Waals surface area contributed by atoms with E-state index in [1.807, 2.05) is 20.9 Å². The molecule has 2 fully saturated rings. The summed E-state index contributed by atoms with van der Waals surface area (Å²) in [6.07, 6.45) is -2.95. The summed E-state index contributed by atoms with van der Waals surface area (Å²) in [5, 5.41) is 8.41. The number of carbonyl (C=O) groups is 1. The molecule has 2 aromatic rings. The lowest BCUT2D eigenvalue weighted by atomic mass is 9.71. The summed E-state index contributed by atoms with van der Waals surface area (Å²) in [5.74, 6) is 0.297. The van der Waals surface area contributed by atoms with Crippen LogP contribution in [0.2, 0.25) is 0 Å². The average Bonchev–Trinajstić information content (AvgIpc) is 3.35. The third kappa shape index (κ3) is 4.07. The molecule has 0 N–H and O–H groups in total. The van der Waals surface area contributed by atoms with E-state index >= 15 is 0 Å². The van der Waals surface area contributed by atoms with Crippen molar-refractivity contribution in [3.8, 4) is 0 Å². The van der Waals surface area contributed by atoms with Crippen LogP contribution in [0.4, 0.5) is 13.2 Å². The number of piperidine rings is 1. The highest BCUT2D eigenvalue weighted by atomic mass is 19.4. The number of rotatable bonds is 3. The molecule has 31 heavy (non-hydrogen) atoms. The summed E-state index contributed by atoms with van der Waals surface area (Å²) in [5.41, 5.74) is -1.50. The number of hydrogen-bond acceptors (Lipinski definition) is 5. The predicted molar refractivity (Wildman–Crippen MR) is 108 cm³/mol. The van der Waals surface area contributed by atoms with E-state index in [1.54, 1.807) is 4.90 Å². The molecule has 168 valence electrons. The lowest BCUT2D eigenvalue weighted by molar-refractivity contribution is -0.138. The molecular formula is C22H27F3N4O2. The van der Waals surface area contributed by atoms with Gasteiger partial charge in [-0.05, 0) is 45.1 Å². The van der Waals surface area contributed by atoms with Crippen LogP contribution in [0.5, 0.6) is 0 Å². The molecule has 2 saturated heterocycles. The Hall–Kier alpha value is -2.42. The van der Waals surface area contributed by atoms with E-state index in [0.717, 1.165) is 32.0 Å². The van der Waals surface area contributed by atoms with Gasteiger partial charge in [0, 0.05) is 24.4 Å². The molecule has 1 atom stereocenters. The molecule has 1 aromatic carbocycles. The summed E-state index contributed by atoms with van der Waals surface area (Å²) in [4.78, 5) is 17.0. The van der Waals surface area contributed by atoms with Gasteiger partial charge in [0.2, 0.25) is 11.8 Å². The van der Waals surface area contributed by atoms with Gasteiger partial charge in [-0.15, -0.1) is 10.2 Å². The van der Waals surface area contributed by atoms with Gasteiger partial charge >= 0.3 is 6.18 Å². The molecule has 2 aliphatic heterocycles. The molecule has 0 saturated carbocycles. The number of alkyl halides is 3. The van der Waals surface area contributed by atoms with Crippen LogP contribution in [0.3, 0.4) is 0 Å². The van der Waals surface area contributed by atoms with Crippen LogP contribution in [0.15, 0.2) is 28.7 Å². The van der Waals surface area contributed by atoms with Gasteiger partial charge in [0.15, 0.2) is 0 Å². The molecule has 1 spiro atoms. The smallest absolute Gasteiger partial charge is 0.417 e.